The van der Waals surface area contributed by atoms with Crippen LogP contribution in [0.2, 0.25) is 0 Å². The maximum absolute atomic E-state index is 12.3. The smallest absolute Gasteiger partial charge is 0.222 e. The third kappa shape index (κ3) is 15.2. The number of unbranched alkanes of at least 4 members (excludes halogenated alkanes) is 11. The summed E-state index contributed by atoms with van der Waals surface area (Å²) in [7, 11) is 1.88. The fraction of sp³-hybridized carbons (Fsp3) is 0.731. The first-order valence-corrected chi connectivity index (χ1v) is 12.3. The zero-order valence-corrected chi connectivity index (χ0v) is 20.9. The number of amides is 1. The van der Waals surface area contributed by atoms with Crippen LogP contribution in [0.3, 0.4) is 0 Å². The summed E-state index contributed by atoms with van der Waals surface area (Å²) >= 11 is 0. The molecule has 0 bridgehead atoms. The summed E-state index contributed by atoms with van der Waals surface area (Å²) in [5.74, 6) is 1.10. The van der Waals surface area contributed by atoms with Crippen molar-refractivity contribution in [2.45, 2.75) is 103 Å². The number of halogens is 1. The minimum atomic E-state index is 0. The van der Waals surface area contributed by atoms with Crippen molar-refractivity contribution >= 4 is 18.3 Å². The fourth-order valence-electron chi connectivity index (χ4n) is 3.68. The quantitative estimate of drug-likeness (QED) is 0.231. The van der Waals surface area contributed by atoms with Crippen molar-refractivity contribution in [2.75, 3.05) is 20.2 Å². The molecule has 31 heavy (non-hydrogen) atoms. The third-order valence-corrected chi connectivity index (χ3v) is 5.66. The average molecular weight is 455 g/mol. The van der Waals surface area contributed by atoms with Crippen molar-refractivity contribution in [1.29, 1.82) is 0 Å². The van der Waals surface area contributed by atoms with Crippen LogP contribution in [0.15, 0.2) is 24.3 Å². The van der Waals surface area contributed by atoms with Gasteiger partial charge in [-0.25, -0.2) is 0 Å². The van der Waals surface area contributed by atoms with E-state index in [1.807, 2.05) is 30.1 Å². The second-order valence-corrected chi connectivity index (χ2v) is 8.49. The van der Waals surface area contributed by atoms with E-state index in [1.54, 1.807) is 0 Å². The molecule has 0 saturated heterocycles. The van der Waals surface area contributed by atoms with Crippen LogP contribution in [-0.4, -0.2) is 31.0 Å². The predicted molar refractivity (Wildman–Crippen MR) is 135 cm³/mol. The zero-order valence-electron chi connectivity index (χ0n) is 20.1. The van der Waals surface area contributed by atoms with Gasteiger partial charge in [-0.05, 0) is 31.9 Å². The first-order valence-electron chi connectivity index (χ1n) is 12.3. The van der Waals surface area contributed by atoms with Crippen LogP contribution >= 0.6 is 12.4 Å². The van der Waals surface area contributed by atoms with E-state index < -0.39 is 0 Å². The van der Waals surface area contributed by atoms with E-state index in [4.69, 9.17) is 10.5 Å². The molecule has 1 rings (SSSR count). The number of rotatable bonds is 19. The summed E-state index contributed by atoms with van der Waals surface area (Å²) < 4.78 is 6.05. The largest absolute Gasteiger partial charge is 0.493 e. The highest BCUT2D eigenvalue weighted by atomic mass is 35.5. The molecule has 0 heterocycles. The number of nitrogens with two attached hydrogens (primary N) is 1. The van der Waals surface area contributed by atoms with Gasteiger partial charge in [0, 0.05) is 25.6 Å². The number of hydrogen-bond donors (Lipinski definition) is 1. The summed E-state index contributed by atoms with van der Waals surface area (Å²) in [6.45, 7) is 4.33. The highest BCUT2D eigenvalue weighted by molar-refractivity contribution is 5.85. The number of para-hydroxylation sites is 1. The summed E-state index contributed by atoms with van der Waals surface area (Å²) in [6.07, 6.45) is 16.8. The first kappa shape index (κ1) is 29.7. The van der Waals surface area contributed by atoms with Crippen LogP contribution in [0.5, 0.6) is 5.75 Å². The van der Waals surface area contributed by atoms with Crippen LogP contribution in [0.4, 0.5) is 0 Å². The Hall–Kier alpha value is -1.26. The molecule has 0 fully saturated rings. The van der Waals surface area contributed by atoms with E-state index >= 15 is 0 Å². The number of benzene rings is 1. The first-order chi connectivity index (χ1) is 14.7. The molecule has 0 aliphatic rings. The van der Waals surface area contributed by atoms with Gasteiger partial charge in [0.05, 0.1) is 6.61 Å². The van der Waals surface area contributed by atoms with Gasteiger partial charge in [-0.3, -0.25) is 4.79 Å². The lowest BCUT2D eigenvalue weighted by Crippen LogP contribution is -2.26. The molecular weight excluding hydrogens is 408 g/mol. The van der Waals surface area contributed by atoms with E-state index in [9.17, 15) is 4.79 Å². The molecule has 0 atom stereocenters. The van der Waals surface area contributed by atoms with E-state index in [0.717, 1.165) is 43.6 Å². The zero-order chi connectivity index (χ0) is 21.9. The van der Waals surface area contributed by atoms with Gasteiger partial charge < -0.3 is 15.4 Å². The third-order valence-electron chi connectivity index (χ3n) is 5.66. The van der Waals surface area contributed by atoms with Crippen LogP contribution in [0, 0.1) is 0 Å². The predicted octanol–water partition coefficient (Wildman–Crippen LogP) is 6.89. The number of hydrogen-bond acceptors (Lipinski definition) is 3. The van der Waals surface area contributed by atoms with Crippen molar-refractivity contribution in [3.05, 3.63) is 29.8 Å². The number of carbonyl (C=O) groups is 1. The molecule has 1 amide bonds. The fourth-order valence-corrected chi connectivity index (χ4v) is 3.68. The molecule has 0 saturated carbocycles. The lowest BCUT2D eigenvalue weighted by molar-refractivity contribution is -0.130. The van der Waals surface area contributed by atoms with Crippen molar-refractivity contribution in [3.63, 3.8) is 0 Å². The van der Waals surface area contributed by atoms with E-state index in [2.05, 4.69) is 13.0 Å². The number of carbonyl (C=O) groups excluding carboxylic acids is 1. The second kappa shape index (κ2) is 20.6. The summed E-state index contributed by atoms with van der Waals surface area (Å²) in [5.41, 5.74) is 6.60. The van der Waals surface area contributed by atoms with Crippen LogP contribution in [0.1, 0.15) is 102 Å². The van der Waals surface area contributed by atoms with Crippen molar-refractivity contribution in [2.24, 2.45) is 5.73 Å². The Kier molecular flexibility index (Phi) is 19.8. The van der Waals surface area contributed by atoms with E-state index in [-0.39, 0.29) is 18.3 Å². The van der Waals surface area contributed by atoms with Gasteiger partial charge in [-0.15, -0.1) is 12.4 Å². The Morgan fingerprint density at radius 1 is 0.871 bits per heavy atom. The molecule has 0 radical (unpaired) electrons. The average Bonchev–Trinajstić information content (AvgIpc) is 2.76. The summed E-state index contributed by atoms with van der Waals surface area (Å²) in [5, 5.41) is 0. The molecule has 0 spiro atoms. The van der Waals surface area contributed by atoms with Gasteiger partial charge in [-0.2, -0.15) is 0 Å². The Morgan fingerprint density at radius 2 is 1.45 bits per heavy atom. The Bertz CT molecular complexity index is 554. The van der Waals surface area contributed by atoms with Gasteiger partial charge in [0.2, 0.25) is 5.91 Å². The molecule has 2 N–H and O–H groups in total. The summed E-state index contributed by atoms with van der Waals surface area (Å²) in [6, 6.07) is 8.10. The van der Waals surface area contributed by atoms with Crippen LogP contribution in [-0.2, 0) is 11.3 Å². The lowest BCUT2D eigenvalue weighted by Gasteiger charge is -2.19. The molecule has 1 aromatic carbocycles. The Balaban J connectivity index is 0.00000900. The summed E-state index contributed by atoms with van der Waals surface area (Å²) in [4.78, 5) is 14.1. The molecule has 5 heteroatoms. The Labute approximate surface area is 197 Å². The van der Waals surface area contributed by atoms with Crippen molar-refractivity contribution in [3.8, 4) is 5.75 Å². The molecule has 0 aromatic heterocycles. The van der Waals surface area contributed by atoms with Gasteiger partial charge in [0.1, 0.15) is 5.75 Å². The molecule has 180 valence electrons. The van der Waals surface area contributed by atoms with Crippen LogP contribution in [0.25, 0.3) is 0 Å². The molecular formula is C26H47ClN2O2. The van der Waals surface area contributed by atoms with Crippen LogP contribution < -0.4 is 10.5 Å². The number of ether oxygens (including phenoxy) is 1. The molecule has 4 nitrogen and oxygen atoms in total. The van der Waals surface area contributed by atoms with E-state index in [1.165, 1.54) is 57.8 Å². The van der Waals surface area contributed by atoms with E-state index in [0.29, 0.717) is 19.5 Å². The normalized spacial score (nSPS) is 10.5. The Morgan fingerprint density at radius 3 is 2.10 bits per heavy atom. The monoisotopic (exact) mass is 454 g/mol. The van der Waals surface area contributed by atoms with Gasteiger partial charge >= 0.3 is 0 Å². The standard InChI is InChI=1S/C26H46N2O2.ClH/c1-3-4-5-6-7-8-9-10-11-17-22-30-25-19-15-14-18-24(25)23-28(2)26(29)20-13-12-16-21-27;/h14-15,18-19H,3-13,16-17,20-23,27H2,1-2H3;1H. The van der Waals surface area contributed by atoms with Gasteiger partial charge in [-0.1, -0.05) is 89.3 Å². The minimum absolute atomic E-state index is 0. The maximum Gasteiger partial charge on any atom is 0.222 e. The lowest BCUT2D eigenvalue weighted by atomic mass is 10.1. The SMILES string of the molecule is CCCCCCCCCCCCOc1ccccc1CN(C)C(=O)CCCCCN.Cl. The topological polar surface area (TPSA) is 55.6 Å². The molecule has 0 aliphatic heterocycles. The van der Waals surface area contributed by atoms with Gasteiger partial charge in [0.25, 0.3) is 0 Å². The van der Waals surface area contributed by atoms with Crippen molar-refractivity contribution in [1.82, 2.24) is 4.90 Å². The molecule has 1 aromatic rings. The maximum atomic E-state index is 12.3. The highest BCUT2D eigenvalue weighted by Gasteiger charge is 2.12. The highest BCUT2D eigenvalue weighted by Crippen LogP contribution is 2.21. The molecule has 0 aliphatic carbocycles. The minimum Gasteiger partial charge on any atom is -0.493 e. The number of nitrogens with zero attached hydrogens (tertiary/aromatic N) is 1. The second-order valence-electron chi connectivity index (χ2n) is 8.49. The van der Waals surface area contributed by atoms with Gasteiger partial charge in [0.15, 0.2) is 0 Å². The van der Waals surface area contributed by atoms with Crippen molar-refractivity contribution < 1.29 is 9.53 Å². The molecule has 0 unspecified atom stereocenters.